The number of nitrogen functional groups attached to an aromatic ring is 1. The van der Waals surface area contributed by atoms with E-state index in [0.717, 1.165) is 19.4 Å². The number of halogens is 1. The number of hydrogen-bond donors (Lipinski definition) is 2. The van der Waals surface area contributed by atoms with Crippen LogP contribution in [0, 0.1) is 0 Å². The van der Waals surface area contributed by atoms with E-state index in [0.29, 0.717) is 16.4 Å². The first-order valence-corrected chi connectivity index (χ1v) is 6.44. The molecule has 1 aromatic rings. The molecule has 98 valence electrons. The molecular weight excluding hydrogens is 252 g/mol. The lowest BCUT2D eigenvalue weighted by Crippen LogP contribution is -2.42. The van der Waals surface area contributed by atoms with Crippen molar-refractivity contribution in [1.82, 2.24) is 9.88 Å². The van der Waals surface area contributed by atoms with Crippen LogP contribution in [0.15, 0.2) is 12.3 Å². The monoisotopic (exact) mass is 268 g/mol. The SMILES string of the molecule is CC1CCCCN1C(=O)c1cnc(NN)c(Cl)c1. The third-order valence-electron chi connectivity index (χ3n) is 3.29. The molecule has 1 aromatic heterocycles. The molecule has 0 bridgehead atoms. The highest BCUT2D eigenvalue weighted by molar-refractivity contribution is 6.33. The summed E-state index contributed by atoms with van der Waals surface area (Å²) in [6.45, 7) is 2.87. The maximum Gasteiger partial charge on any atom is 0.255 e. The number of hydrogen-bond acceptors (Lipinski definition) is 4. The predicted octanol–water partition coefficient (Wildman–Crippen LogP) is 2.04. The smallest absolute Gasteiger partial charge is 0.255 e. The average Bonchev–Trinajstić information content (AvgIpc) is 2.38. The molecule has 0 saturated carbocycles. The molecule has 0 aromatic carbocycles. The highest BCUT2D eigenvalue weighted by atomic mass is 35.5. The third kappa shape index (κ3) is 2.57. The second-order valence-electron chi connectivity index (χ2n) is 4.54. The van der Waals surface area contributed by atoms with Gasteiger partial charge in [0, 0.05) is 18.8 Å². The number of aromatic nitrogens is 1. The molecule has 0 spiro atoms. The fourth-order valence-electron chi connectivity index (χ4n) is 2.23. The lowest BCUT2D eigenvalue weighted by atomic mass is 10.0. The molecule has 1 amide bonds. The first kappa shape index (κ1) is 13.1. The van der Waals surface area contributed by atoms with E-state index in [4.69, 9.17) is 17.4 Å². The summed E-state index contributed by atoms with van der Waals surface area (Å²) in [5.74, 6) is 5.61. The van der Waals surface area contributed by atoms with Crippen molar-refractivity contribution in [2.45, 2.75) is 32.2 Å². The molecule has 18 heavy (non-hydrogen) atoms. The van der Waals surface area contributed by atoms with E-state index < -0.39 is 0 Å². The number of nitrogens with two attached hydrogens (primary N) is 1. The summed E-state index contributed by atoms with van der Waals surface area (Å²) in [6, 6.07) is 1.88. The topological polar surface area (TPSA) is 71.2 Å². The zero-order chi connectivity index (χ0) is 13.1. The minimum Gasteiger partial charge on any atom is -0.336 e. The molecule has 6 heteroatoms. The summed E-state index contributed by atoms with van der Waals surface area (Å²) >= 11 is 5.97. The molecule has 1 atom stereocenters. The van der Waals surface area contributed by atoms with Crippen LogP contribution in [-0.4, -0.2) is 28.4 Å². The van der Waals surface area contributed by atoms with Gasteiger partial charge in [-0.05, 0) is 32.3 Å². The Labute approximate surface area is 111 Å². The summed E-state index contributed by atoms with van der Waals surface area (Å²) < 4.78 is 0. The molecule has 1 fully saturated rings. The average molecular weight is 269 g/mol. The highest BCUT2D eigenvalue weighted by Crippen LogP contribution is 2.23. The van der Waals surface area contributed by atoms with Crippen molar-refractivity contribution in [2.24, 2.45) is 5.84 Å². The van der Waals surface area contributed by atoms with Gasteiger partial charge in [0.15, 0.2) is 5.82 Å². The van der Waals surface area contributed by atoms with Crippen molar-refractivity contribution in [3.63, 3.8) is 0 Å². The lowest BCUT2D eigenvalue weighted by Gasteiger charge is -2.33. The largest absolute Gasteiger partial charge is 0.336 e. The zero-order valence-electron chi connectivity index (χ0n) is 10.3. The van der Waals surface area contributed by atoms with Gasteiger partial charge in [0.1, 0.15) is 0 Å². The van der Waals surface area contributed by atoms with E-state index in [2.05, 4.69) is 17.3 Å². The Bertz CT molecular complexity index is 452. The van der Waals surface area contributed by atoms with Gasteiger partial charge in [0.2, 0.25) is 0 Å². The van der Waals surface area contributed by atoms with Crippen LogP contribution in [0.2, 0.25) is 5.02 Å². The Balaban J connectivity index is 2.20. The fourth-order valence-corrected chi connectivity index (χ4v) is 2.45. The number of nitrogens with zero attached hydrogens (tertiary/aromatic N) is 2. The van der Waals surface area contributed by atoms with Crippen molar-refractivity contribution in [3.05, 3.63) is 22.8 Å². The van der Waals surface area contributed by atoms with Crippen LogP contribution < -0.4 is 11.3 Å². The number of pyridine rings is 1. The molecule has 1 saturated heterocycles. The van der Waals surface area contributed by atoms with Gasteiger partial charge >= 0.3 is 0 Å². The van der Waals surface area contributed by atoms with E-state index in [1.807, 2.05) is 4.90 Å². The van der Waals surface area contributed by atoms with Crippen LogP contribution in [0.25, 0.3) is 0 Å². The summed E-state index contributed by atoms with van der Waals surface area (Å²) in [7, 11) is 0. The molecule has 0 aliphatic carbocycles. The minimum atomic E-state index is -0.0137. The number of amides is 1. The van der Waals surface area contributed by atoms with E-state index in [1.165, 1.54) is 12.6 Å². The molecule has 1 unspecified atom stereocenters. The van der Waals surface area contributed by atoms with Crippen LogP contribution in [-0.2, 0) is 0 Å². The summed E-state index contributed by atoms with van der Waals surface area (Å²) in [6.07, 6.45) is 4.79. The molecule has 5 nitrogen and oxygen atoms in total. The van der Waals surface area contributed by atoms with Gasteiger partial charge in [-0.2, -0.15) is 0 Å². The molecule has 2 heterocycles. The molecule has 3 N–H and O–H groups in total. The third-order valence-corrected chi connectivity index (χ3v) is 3.58. The fraction of sp³-hybridized carbons (Fsp3) is 0.500. The minimum absolute atomic E-state index is 0.0137. The van der Waals surface area contributed by atoms with Crippen molar-refractivity contribution in [1.29, 1.82) is 0 Å². The first-order valence-electron chi connectivity index (χ1n) is 6.06. The number of piperidine rings is 1. The van der Waals surface area contributed by atoms with Gasteiger partial charge in [-0.25, -0.2) is 10.8 Å². The molecule has 0 radical (unpaired) electrons. The number of hydrazine groups is 1. The number of likely N-dealkylation sites (tertiary alicyclic amines) is 1. The Morgan fingerprint density at radius 2 is 2.39 bits per heavy atom. The number of carbonyl (C=O) groups is 1. The van der Waals surface area contributed by atoms with Gasteiger partial charge < -0.3 is 10.3 Å². The maximum absolute atomic E-state index is 12.3. The molecule has 2 rings (SSSR count). The standard InChI is InChI=1S/C12H17ClN4O/c1-8-4-2-3-5-17(8)12(18)9-6-10(13)11(16-14)15-7-9/h6-8H,2-5,14H2,1H3,(H,15,16). The van der Waals surface area contributed by atoms with Gasteiger partial charge in [0.05, 0.1) is 10.6 Å². The van der Waals surface area contributed by atoms with E-state index in [1.54, 1.807) is 6.07 Å². The summed E-state index contributed by atoms with van der Waals surface area (Å²) in [5.41, 5.74) is 2.89. The van der Waals surface area contributed by atoms with Crippen molar-refractivity contribution in [2.75, 3.05) is 12.0 Å². The Hall–Kier alpha value is -1.33. The molecule has 1 aliphatic heterocycles. The Morgan fingerprint density at radius 1 is 1.61 bits per heavy atom. The number of rotatable bonds is 2. The van der Waals surface area contributed by atoms with Crippen molar-refractivity contribution in [3.8, 4) is 0 Å². The van der Waals surface area contributed by atoms with Crippen LogP contribution in [0.5, 0.6) is 0 Å². The quantitative estimate of drug-likeness (QED) is 0.636. The van der Waals surface area contributed by atoms with Crippen LogP contribution in [0.3, 0.4) is 0 Å². The number of carbonyl (C=O) groups excluding carboxylic acids is 1. The Morgan fingerprint density at radius 3 is 3.00 bits per heavy atom. The van der Waals surface area contributed by atoms with Crippen molar-refractivity contribution >= 4 is 23.3 Å². The first-order chi connectivity index (χ1) is 8.63. The van der Waals surface area contributed by atoms with Gasteiger partial charge in [0.25, 0.3) is 5.91 Å². The van der Waals surface area contributed by atoms with Crippen LogP contribution >= 0.6 is 11.6 Å². The molecular formula is C12H17ClN4O. The number of anilines is 1. The van der Waals surface area contributed by atoms with E-state index >= 15 is 0 Å². The predicted molar refractivity (Wildman–Crippen MR) is 71.4 cm³/mol. The van der Waals surface area contributed by atoms with E-state index in [9.17, 15) is 4.79 Å². The Kier molecular flexibility index (Phi) is 4.04. The van der Waals surface area contributed by atoms with Gasteiger partial charge in [-0.3, -0.25) is 4.79 Å². The van der Waals surface area contributed by atoms with Crippen LogP contribution in [0.4, 0.5) is 5.82 Å². The zero-order valence-corrected chi connectivity index (χ0v) is 11.1. The highest BCUT2D eigenvalue weighted by Gasteiger charge is 2.24. The van der Waals surface area contributed by atoms with E-state index in [-0.39, 0.29) is 11.9 Å². The molecule has 1 aliphatic rings. The van der Waals surface area contributed by atoms with Gasteiger partial charge in [-0.1, -0.05) is 11.6 Å². The second-order valence-corrected chi connectivity index (χ2v) is 4.95. The summed E-state index contributed by atoms with van der Waals surface area (Å²) in [4.78, 5) is 18.2. The maximum atomic E-state index is 12.3. The number of nitrogens with one attached hydrogen (secondary N) is 1. The van der Waals surface area contributed by atoms with Crippen molar-refractivity contribution < 1.29 is 4.79 Å². The second kappa shape index (κ2) is 5.54. The van der Waals surface area contributed by atoms with Gasteiger partial charge in [-0.15, -0.1) is 0 Å². The summed E-state index contributed by atoms with van der Waals surface area (Å²) in [5, 5.41) is 0.355. The normalized spacial score (nSPS) is 19.7. The lowest BCUT2D eigenvalue weighted by molar-refractivity contribution is 0.0635. The van der Waals surface area contributed by atoms with Crippen LogP contribution in [0.1, 0.15) is 36.5 Å².